The monoisotopic (exact) mass is 499 g/mol. The van der Waals surface area contributed by atoms with Crippen LogP contribution >= 0.6 is 11.6 Å². The third-order valence-corrected chi connectivity index (χ3v) is 5.97. The average Bonchev–Trinajstić information content (AvgIpc) is 2.77. The minimum absolute atomic E-state index is 0.0210. The van der Waals surface area contributed by atoms with Crippen LogP contribution in [-0.2, 0) is 17.4 Å². The van der Waals surface area contributed by atoms with Gasteiger partial charge in [0.1, 0.15) is 22.7 Å². The molecule has 0 radical (unpaired) electrons. The molecule has 0 saturated carbocycles. The van der Waals surface area contributed by atoms with E-state index in [1.54, 1.807) is 11.8 Å². The van der Waals surface area contributed by atoms with Crippen LogP contribution in [0.3, 0.4) is 0 Å². The molecule has 0 aromatic carbocycles. The summed E-state index contributed by atoms with van der Waals surface area (Å²) in [5.41, 5.74) is 6.53. The Morgan fingerprint density at radius 1 is 1.24 bits per heavy atom. The van der Waals surface area contributed by atoms with Gasteiger partial charge in [0, 0.05) is 24.3 Å². The van der Waals surface area contributed by atoms with E-state index in [9.17, 15) is 22.8 Å². The van der Waals surface area contributed by atoms with Crippen LogP contribution in [0.4, 0.5) is 19.0 Å². The van der Waals surface area contributed by atoms with E-state index < -0.39 is 23.9 Å². The Balaban J connectivity index is 1.49. The number of nitrogens with two attached hydrogens (primary N) is 1. The number of carbonyl (C=O) groups excluding carboxylic acids is 2. The number of alkyl halides is 3. The number of likely N-dealkylation sites (tertiary alicyclic amines) is 1. The molecule has 2 aromatic heterocycles. The molecule has 1 aliphatic heterocycles. The molecular formula is C21H25ClF3N7O2. The predicted molar refractivity (Wildman–Crippen MR) is 118 cm³/mol. The smallest absolute Gasteiger partial charge is 0.383 e. The van der Waals surface area contributed by atoms with E-state index in [2.05, 4.69) is 25.3 Å². The van der Waals surface area contributed by atoms with Gasteiger partial charge < -0.3 is 16.0 Å². The second-order valence-electron chi connectivity index (χ2n) is 8.22. The molecule has 3 rings (SSSR count). The van der Waals surface area contributed by atoms with Gasteiger partial charge in [-0.25, -0.2) is 15.0 Å². The third-order valence-electron chi connectivity index (χ3n) is 5.78. The summed E-state index contributed by atoms with van der Waals surface area (Å²) in [4.78, 5) is 41.3. The molecule has 184 valence electrons. The van der Waals surface area contributed by atoms with Crippen molar-refractivity contribution in [1.82, 2.24) is 30.2 Å². The van der Waals surface area contributed by atoms with Crippen molar-refractivity contribution in [2.45, 2.75) is 51.7 Å². The van der Waals surface area contributed by atoms with Gasteiger partial charge >= 0.3 is 6.18 Å². The summed E-state index contributed by atoms with van der Waals surface area (Å²) in [6, 6.07) is -0.753. The zero-order valence-electron chi connectivity index (χ0n) is 18.7. The molecule has 2 aromatic rings. The molecule has 1 atom stereocenters. The molecule has 0 spiro atoms. The van der Waals surface area contributed by atoms with Crippen LogP contribution in [0, 0.1) is 12.8 Å². The second kappa shape index (κ2) is 10.5. The van der Waals surface area contributed by atoms with Crippen molar-refractivity contribution < 1.29 is 22.8 Å². The Kier molecular flexibility index (Phi) is 7.90. The van der Waals surface area contributed by atoms with E-state index in [4.69, 9.17) is 17.3 Å². The average molecular weight is 500 g/mol. The molecule has 9 nitrogen and oxygen atoms in total. The van der Waals surface area contributed by atoms with Gasteiger partial charge in [0.15, 0.2) is 0 Å². The van der Waals surface area contributed by atoms with Crippen molar-refractivity contribution >= 4 is 29.2 Å². The van der Waals surface area contributed by atoms with Crippen LogP contribution in [0.1, 0.15) is 53.8 Å². The fourth-order valence-corrected chi connectivity index (χ4v) is 4.05. The van der Waals surface area contributed by atoms with Crippen LogP contribution in [0.15, 0.2) is 12.4 Å². The maximum atomic E-state index is 12.8. The Hall–Kier alpha value is -3.02. The molecule has 0 aliphatic carbocycles. The van der Waals surface area contributed by atoms with E-state index in [0.717, 1.165) is 12.8 Å². The number of rotatable bonds is 6. The van der Waals surface area contributed by atoms with E-state index in [0.29, 0.717) is 31.5 Å². The number of nitrogens with zero attached hydrogens (tertiary/aromatic N) is 5. The number of amides is 2. The number of nitrogens with one attached hydrogen (secondary N) is 1. The van der Waals surface area contributed by atoms with Gasteiger partial charge in [-0.3, -0.25) is 14.6 Å². The SMILES string of the molecule is Cc1nc(C(F)(F)F)nc(N)c1CCC1CCN(C(=O)C(C)NC(=O)c2cncc(Cl)n2)CC1. The summed E-state index contributed by atoms with van der Waals surface area (Å²) < 4.78 is 38.5. The number of hydrogen-bond donors (Lipinski definition) is 2. The lowest BCUT2D eigenvalue weighted by molar-refractivity contribution is -0.145. The van der Waals surface area contributed by atoms with Gasteiger partial charge in [0.05, 0.1) is 12.4 Å². The summed E-state index contributed by atoms with van der Waals surface area (Å²) in [5.74, 6) is -1.87. The molecule has 1 unspecified atom stereocenters. The zero-order chi connectivity index (χ0) is 25.0. The quantitative estimate of drug-likeness (QED) is 0.625. The molecule has 1 saturated heterocycles. The molecule has 0 bridgehead atoms. The van der Waals surface area contributed by atoms with Gasteiger partial charge in [0.25, 0.3) is 5.91 Å². The molecule has 3 heterocycles. The summed E-state index contributed by atoms with van der Waals surface area (Å²) in [5, 5.41) is 2.68. The molecule has 34 heavy (non-hydrogen) atoms. The van der Waals surface area contributed by atoms with Crippen molar-refractivity contribution in [1.29, 1.82) is 0 Å². The van der Waals surface area contributed by atoms with Gasteiger partial charge in [-0.05, 0) is 45.4 Å². The molecular weight excluding hydrogens is 475 g/mol. The van der Waals surface area contributed by atoms with Gasteiger partial charge in [-0.2, -0.15) is 13.2 Å². The maximum Gasteiger partial charge on any atom is 0.451 e. The van der Waals surface area contributed by atoms with Crippen LogP contribution < -0.4 is 11.1 Å². The maximum absolute atomic E-state index is 12.8. The minimum atomic E-state index is -4.64. The number of piperidine rings is 1. The van der Waals surface area contributed by atoms with Gasteiger partial charge in [-0.15, -0.1) is 0 Å². The van der Waals surface area contributed by atoms with E-state index in [1.165, 1.54) is 19.3 Å². The first-order valence-corrected chi connectivity index (χ1v) is 11.1. The number of anilines is 1. The molecule has 13 heteroatoms. The molecule has 1 aliphatic rings. The summed E-state index contributed by atoms with van der Waals surface area (Å²) in [6.07, 6.45) is 0.536. The molecule has 3 N–H and O–H groups in total. The zero-order valence-corrected chi connectivity index (χ0v) is 19.4. The number of hydrogen-bond acceptors (Lipinski definition) is 7. The lowest BCUT2D eigenvalue weighted by Crippen LogP contribution is -2.49. The summed E-state index contributed by atoms with van der Waals surface area (Å²) >= 11 is 5.74. The highest BCUT2D eigenvalue weighted by Crippen LogP contribution is 2.30. The highest BCUT2D eigenvalue weighted by Gasteiger charge is 2.36. The van der Waals surface area contributed by atoms with Crippen molar-refractivity contribution in [3.8, 4) is 0 Å². The van der Waals surface area contributed by atoms with Crippen molar-refractivity contribution in [3.05, 3.63) is 40.3 Å². The Bertz CT molecular complexity index is 1040. The fourth-order valence-electron chi connectivity index (χ4n) is 3.90. The van der Waals surface area contributed by atoms with E-state index in [-0.39, 0.29) is 34.2 Å². The highest BCUT2D eigenvalue weighted by atomic mass is 35.5. The highest BCUT2D eigenvalue weighted by molar-refractivity contribution is 6.29. The lowest BCUT2D eigenvalue weighted by atomic mass is 9.90. The number of aryl methyl sites for hydroxylation is 1. The van der Waals surface area contributed by atoms with E-state index in [1.807, 2.05) is 0 Å². The number of carbonyl (C=O) groups is 2. The van der Waals surface area contributed by atoms with Gasteiger partial charge in [-0.1, -0.05) is 11.6 Å². The first-order valence-electron chi connectivity index (χ1n) is 10.7. The van der Waals surface area contributed by atoms with Crippen LogP contribution in [0.25, 0.3) is 0 Å². The fraction of sp³-hybridized carbons (Fsp3) is 0.524. The third kappa shape index (κ3) is 6.31. The standard InChI is InChI=1S/C21H25ClF3N7O2/c1-11-14(17(26)31-20(29-11)21(23,24)25)4-3-13-5-7-32(8-6-13)19(34)12(2)28-18(33)15-9-27-10-16(22)30-15/h9-10,12-13H,3-8H2,1-2H3,(H,28,33)(H2,26,29,31). The summed E-state index contributed by atoms with van der Waals surface area (Å²) in [6.45, 7) is 4.12. The lowest BCUT2D eigenvalue weighted by Gasteiger charge is -2.33. The topological polar surface area (TPSA) is 127 Å². The second-order valence-corrected chi connectivity index (χ2v) is 8.61. The van der Waals surface area contributed by atoms with Crippen LogP contribution in [0.5, 0.6) is 0 Å². The normalized spacial score (nSPS) is 15.8. The van der Waals surface area contributed by atoms with Crippen molar-refractivity contribution in [3.63, 3.8) is 0 Å². The Labute approximate surface area is 199 Å². The van der Waals surface area contributed by atoms with Gasteiger partial charge in [0.2, 0.25) is 11.7 Å². The first-order chi connectivity index (χ1) is 16.0. The van der Waals surface area contributed by atoms with Crippen molar-refractivity contribution in [2.75, 3.05) is 18.8 Å². The van der Waals surface area contributed by atoms with Crippen LogP contribution in [-0.4, -0.2) is 55.8 Å². The number of halogens is 4. The minimum Gasteiger partial charge on any atom is -0.383 e. The largest absolute Gasteiger partial charge is 0.451 e. The van der Waals surface area contributed by atoms with Crippen LogP contribution in [0.2, 0.25) is 5.15 Å². The van der Waals surface area contributed by atoms with Crippen molar-refractivity contribution in [2.24, 2.45) is 5.92 Å². The molecule has 1 fully saturated rings. The van der Waals surface area contributed by atoms with E-state index >= 15 is 0 Å². The number of aromatic nitrogens is 4. The summed E-state index contributed by atoms with van der Waals surface area (Å²) in [7, 11) is 0. The molecule has 2 amide bonds. The Morgan fingerprint density at radius 3 is 2.50 bits per heavy atom. The predicted octanol–water partition coefficient (Wildman–Crippen LogP) is 2.82. The first kappa shape index (κ1) is 25.6. The number of nitrogen functional groups attached to an aromatic ring is 1. The Morgan fingerprint density at radius 2 is 1.91 bits per heavy atom.